The van der Waals surface area contributed by atoms with Crippen molar-refractivity contribution >= 4 is 17.2 Å². The third kappa shape index (κ3) is 1.44. The fourth-order valence-electron chi connectivity index (χ4n) is 1.59. The van der Waals surface area contributed by atoms with Crippen LogP contribution in [0.3, 0.4) is 0 Å². The summed E-state index contributed by atoms with van der Waals surface area (Å²) in [6, 6.07) is 0. The SMILES string of the molecule is C=CN1CCC(C)(C=CC)C1=S. The Bertz CT molecular complexity index is 232. The third-order valence-corrected chi connectivity index (χ3v) is 3.08. The molecule has 0 bridgehead atoms. The second-order valence-electron chi connectivity index (χ2n) is 3.35. The Morgan fingerprint density at radius 1 is 1.67 bits per heavy atom. The second-order valence-corrected chi connectivity index (χ2v) is 3.74. The first-order valence-electron chi connectivity index (χ1n) is 4.21. The Morgan fingerprint density at radius 3 is 2.75 bits per heavy atom. The molecule has 1 atom stereocenters. The van der Waals surface area contributed by atoms with E-state index in [-0.39, 0.29) is 5.41 Å². The molecule has 1 heterocycles. The van der Waals surface area contributed by atoms with Crippen LogP contribution in [0.4, 0.5) is 0 Å². The van der Waals surface area contributed by atoms with Crippen molar-refractivity contribution in [2.75, 3.05) is 6.54 Å². The van der Waals surface area contributed by atoms with Crippen molar-refractivity contribution < 1.29 is 0 Å². The first kappa shape index (κ1) is 9.46. The highest BCUT2D eigenvalue weighted by Gasteiger charge is 2.35. The maximum Gasteiger partial charge on any atom is 0.0917 e. The Morgan fingerprint density at radius 2 is 2.33 bits per heavy atom. The Hall–Kier alpha value is -0.630. The summed E-state index contributed by atoms with van der Waals surface area (Å²) in [5.41, 5.74) is 0.0816. The molecule has 1 fully saturated rings. The molecule has 0 saturated carbocycles. The van der Waals surface area contributed by atoms with Gasteiger partial charge in [0.05, 0.1) is 4.99 Å². The smallest absolute Gasteiger partial charge is 0.0917 e. The lowest BCUT2D eigenvalue weighted by atomic mass is 9.89. The van der Waals surface area contributed by atoms with E-state index in [0.717, 1.165) is 18.0 Å². The van der Waals surface area contributed by atoms with Gasteiger partial charge in [-0.15, -0.1) is 0 Å². The lowest BCUT2D eigenvalue weighted by molar-refractivity contribution is 0.568. The van der Waals surface area contributed by atoms with Crippen molar-refractivity contribution in [2.24, 2.45) is 5.41 Å². The van der Waals surface area contributed by atoms with Crippen LogP contribution < -0.4 is 0 Å². The quantitative estimate of drug-likeness (QED) is 0.476. The summed E-state index contributed by atoms with van der Waals surface area (Å²) in [5, 5.41) is 0. The number of hydrogen-bond donors (Lipinski definition) is 0. The van der Waals surface area contributed by atoms with Crippen LogP contribution in [-0.2, 0) is 0 Å². The van der Waals surface area contributed by atoms with Crippen LogP contribution in [0.15, 0.2) is 24.9 Å². The molecule has 0 aromatic rings. The standard InChI is InChI=1S/C10H15NS/c1-4-6-10(3)7-8-11(5-2)9(10)12/h4-6H,2,7-8H2,1,3H3. The molecule has 0 spiro atoms. The first-order valence-corrected chi connectivity index (χ1v) is 4.62. The summed E-state index contributed by atoms with van der Waals surface area (Å²) < 4.78 is 0. The Labute approximate surface area is 79.8 Å². The van der Waals surface area contributed by atoms with E-state index in [1.165, 1.54) is 0 Å². The van der Waals surface area contributed by atoms with Crippen LogP contribution in [0.2, 0.25) is 0 Å². The van der Waals surface area contributed by atoms with Gasteiger partial charge in [-0.05, 0) is 26.5 Å². The van der Waals surface area contributed by atoms with Gasteiger partial charge in [-0.1, -0.05) is 30.9 Å². The van der Waals surface area contributed by atoms with Gasteiger partial charge < -0.3 is 4.90 Å². The highest BCUT2D eigenvalue weighted by molar-refractivity contribution is 7.80. The third-order valence-electron chi connectivity index (χ3n) is 2.38. The highest BCUT2D eigenvalue weighted by Crippen LogP contribution is 2.34. The number of rotatable bonds is 2. The molecule has 0 aliphatic carbocycles. The van der Waals surface area contributed by atoms with Crippen LogP contribution in [0, 0.1) is 5.41 Å². The zero-order valence-corrected chi connectivity index (χ0v) is 8.53. The molecule has 2 heteroatoms. The highest BCUT2D eigenvalue weighted by atomic mass is 32.1. The molecule has 1 aliphatic rings. The minimum atomic E-state index is 0.0816. The van der Waals surface area contributed by atoms with Crippen LogP contribution in [0.25, 0.3) is 0 Å². The molecule has 1 aliphatic heterocycles. The Balaban J connectivity index is 2.84. The molecular formula is C10H15NS. The van der Waals surface area contributed by atoms with Gasteiger partial charge in [-0.3, -0.25) is 0 Å². The first-order chi connectivity index (χ1) is 5.64. The van der Waals surface area contributed by atoms with Crippen LogP contribution >= 0.6 is 12.2 Å². The molecular weight excluding hydrogens is 166 g/mol. The molecule has 0 amide bonds. The number of thiocarbonyl (C=S) groups is 1. The summed E-state index contributed by atoms with van der Waals surface area (Å²) >= 11 is 5.34. The van der Waals surface area contributed by atoms with E-state index in [1.807, 2.05) is 13.1 Å². The van der Waals surface area contributed by atoms with Crippen LogP contribution in [-0.4, -0.2) is 16.4 Å². The summed E-state index contributed by atoms with van der Waals surface area (Å²) in [7, 11) is 0. The average molecular weight is 181 g/mol. The van der Waals surface area contributed by atoms with Gasteiger partial charge in [-0.2, -0.15) is 0 Å². The molecule has 0 radical (unpaired) electrons. The van der Waals surface area contributed by atoms with Crippen molar-refractivity contribution in [1.29, 1.82) is 0 Å². The van der Waals surface area contributed by atoms with E-state index in [4.69, 9.17) is 12.2 Å². The van der Waals surface area contributed by atoms with Gasteiger partial charge in [-0.25, -0.2) is 0 Å². The lowest BCUT2D eigenvalue weighted by Gasteiger charge is -2.20. The molecule has 12 heavy (non-hydrogen) atoms. The van der Waals surface area contributed by atoms with Gasteiger partial charge in [0.15, 0.2) is 0 Å². The topological polar surface area (TPSA) is 3.24 Å². The van der Waals surface area contributed by atoms with Gasteiger partial charge in [0.1, 0.15) is 0 Å². The maximum absolute atomic E-state index is 5.34. The summed E-state index contributed by atoms with van der Waals surface area (Å²) in [6.45, 7) is 8.95. The number of allylic oxidation sites excluding steroid dienone is 1. The fourth-order valence-corrected chi connectivity index (χ4v) is 1.92. The van der Waals surface area contributed by atoms with Gasteiger partial charge in [0.2, 0.25) is 0 Å². The zero-order valence-electron chi connectivity index (χ0n) is 7.71. The minimum absolute atomic E-state index is 0.0816. The summed E-state index contributed by atoms with van der Waals surface area (Å²) in [5.74, 6) is 0. The molecule has 1 nitrogen and oxygen atoms in total. The number of likely N-dealkylation sites (tertiary alicyclic amines) is 1. The van der Waals surface area contributed by atoms with Crippen molar-refractivity contribution in [3.05, 3.63) is 24.9 Å². The molecule has 1 unspecified atom stereocenters. The van der Waals surface area contributed by atoms with E-state index in [9.17, 15) is 0 Å². The molecule has 0 aromatic carbocycles. The molecule has 0 N–H and O–H groups in total. The average Bonchev–Trinajstić information content (AvgIpc) is 2.30. The maximum atomic E-state index is 5.34. The second kappa shape index (κ2) is 3.40. The Kier molecular flexibility index (Phi) is 2.68. The van der Waals surface area contributed by atoms with Crippen molar-refractivity contribution in [2.45, 2.75) is 20.3 Å². The largest absolute Gasteiger partial charge is 0.342 e. The molecule has 66 valence electrons. The molecule has 0 aromatic heterocycles. The van der Waals surface area contributed by atoms with E-state index in [0.29, 0.717) is 0 Å². The lowest BCUT2D eigenvalue weighted by Crippen LogP contribution is -2.25. The van der Waals surface area contributed by atoms with E-state index < -0.39 is 0 Å². The monoisotopic (exact) mass is 181 g/mol. The van der Waals surface area contributed by atoms with E-state index in [2.05, 4.69) is 30.6 Å². The van der Waals surface area contributed by atoms with Crippen molar-refractivity contribution in [1.82, 2.24) is 4.90 Å². The van der Waals surface area contributed by atoms with Crippen molar-refractivity contribution in [3.63, 3.8) is 0 Å². The predicted octanol–water partition coefficient (Wildman–Crippen LogP) is 2.75. The number of nitrogens with zero attached hydrogens (tertiary/aromatic N) is 1. The fraction of sp³-hybridized carbons (Fsp3) is 0.500. The molecule has 1 rings (SSSR count). The van der Waals surface area contributed by atoms with E-state index in [1.54, 1.807) is 0 Å². The summed E-state index contributed by atoms with van der Waals surface area (Å²) in [6.07, 6.45) is 7.16. The number of hydrogen-bond acceptors (Lipinski definition) is 1. The van der Waals surface area contributed by atoms with Gasteiger partial charge in [0, 0.05) is 12.0 Å². The van der Waals surface area contributed by atoms with E-state index >= 15 is 0 Å². The van der Waals surface area contributed by atoms with Gasteiger partial charge >= 0.3 is 0 Å². The normalized spacial score (nSPS) is 30.2. The predicted molar refractivity (Wildman–Crippen MR) is 57.0 cm³/mol. The zero-order chi connectivity index (χ0) is 9.19. The minimum Gasteiger partial charge on any atom is -0.342 e. The van der Waals surface area contributed by atoms with Crippen LogP contribution in [0.1, 0.15) is 20.3 Å². The van der Waals surface area contributed by atoms with Crippen molar-refractivity contribution in [3.8, 4) is 0 Å². The van der Waals surface area contributed by atoms with Gasteiger partial charge in [0.25, 0.3) is 0 Å². The molecule has 1 saturated heterocycles. The van der Waals surface area contributed by atoms with Crippen LogP contribution in [0.5, 0.6) is 0 Å². The summed E-state index contributed by atoms with van der Waals surface area (Å²) in [4.78, 5) is 3.05.